The molecule has 0 unspecified atom stereocenters. The molecule has 0 saturated heterocycles. The van der Waals surface area contributed by atoms with Gasteiger partial charge in [-0.3, -0.25) is 4.79 Å². The molecule has 0 aliphatic heterocycles. The number of rotatable bonds is 8. The Hall–Kier alpha value is -2.76. The topological polar surface area (TPSA) is 152 Å². The van der Waals surface area contributed by atoms with E-state index in [9.17, 15) is 14.4 Å². The summed E-state index contributed by atoms with van der Waals surface area (Å²) >= 11 is 0.796. The van der Waals surface area contributed by atoms with E-state index in [2.05, 4.69) is 25.1 Å². The van der Waals surface area contributed by atoms with Crippen molar-refractivity contribution in [1.29, 1.82) is 0 Å². The molecule has 1 heterocycles. The zero-order chi connectivity index (χ0) is 18.2. The molecule has 24 heavy (non-hydrogen) atoms. The van der Waals surface area contributed by atoms with E-state index >= 15 is 0 Å². The lowest BCUT2D eigenvalue weighted by Crippen LogP contribution is -2.34. The molecule has 1 aromatic heterocycles. The summed E-state index contributed by atoms with van der Waals surface area (Å²) in [5.74, 6) is -1.59. The number of aromatic nitrogens is 2. The third-order valence-corrected chi connectivity index (χ3v) is 2.69. The number of carboxylic acid groups (broad SMARTS) is 1. The van der Waals surface area contributed by atoms with Crippen molar-refractivity contribution in [3.8, 4) is 0 Å². The molecule has 0 atom stereocenters. The molecule has 0 fully saturated rings. The number of aliphatic carboxylic acids is 1. The lowest BCUT2D eigenvalue weighted by molar-refractivity contribution is -0.129. The summed E-state index contributed by atoms with van der Waals surface area (Å²) in [6, 6.07) is 0. The molecule has 1 aromatic rings. The van der Waals surface area contributed by atoms with Gasteiger partial charge >= 0.3 is 12.1 Å². The lowest BCUT2D eigenvalue weighted by Gasteiger charge is -2.19. The van der Waals surface area contributed by atoms with E-state index in [1.807, 2.05) is 0 Å². The molecular weight excluding hydrogens is 342 g/mol. The summed E-state index contributed by atoms with van der Waals surface area (Å²) in [5, 5.41) is 17.3. The fraction of sp³-hybridized carbons (Fsp3) is 0.500. The molecule has 2 amide bonds. The molecule has 12 heteroatoms. The number of hydrogen-bond acceptors (Lipinski definition) is 9. The Morgan fingerprint density at radius 3 is 2.71 bits per heavy atom. The van der Waals surface area contributed by atoms with Crippen molar-refractivity contribution in [2.75, 3.05) is 18.5 Å². The molecule has 3 N–H and O–H groups in total. The van der Waals surface area contributed by atoms with Gasteiger partial charge in [-0.15, -0.1) is 0 Å². The number of alkyl carbamates (subject to hydrolysis) is 1. The second-order valence-electron chi connectivity index (χ2n) is 5.19. The second-order valence-corrected chi connectivity index (χ2v) is 5.94. The van der Waals surface area contributed by atoms with Gasteiger partial charge in [0.1, 0.15) is 12.2 Å². The van der Waals surface area contributed by atoms with Gasteiger partial charge in [0.2, 0.25) is 23.1 Å². The van der Waals surface area contributed by atoms with Crippen molar-refractivity contribution in [2.45, 2.75) is 26.4 Å². The number of anilines is 1. The maximum Gasteiger partial charge on any atom is 0.407 e. The summed E-state index contributed by atoms with van der Waals surface area (Å²) in [6.07, 6.45) is -0.236. The van der Waals surface area contributed by atoms with E-state index in [-0.39, 0.29) is 24.1 Å². The zero-order valence-electron chi connectivity index (χ0n) is 13.2. The highest BCUT2D eigenvalue weighted by molar-refractivity contribution is 7.10. The van der Waals surface area contributed by atoms with Gasteiger partial charge in [0.05, 0.1) is 6.54 Å². The van der Waals surface area contributed by atoms with Crippen molar-refractivity contribution in [3.63, 3.8) is 0 Å². The number of amides is 2. The average molecular weight is 359 g/mol. The first-order chi connectivity index (χ1) is 11.2. The Morgan fingerprint density at radius 2 is 2.12 bits per heavy atom. The number of carbonyl (C=O) groups excluding carboxylic acids is 2. The summed E-state index contributed by atoms with van der Waals surface area (Å²) in [5.41, 5.74) is -1.15. The van der Waals surface area contributed by atoms with Crippen LogP contribution < -0.4 is 10.6 Å². The molecule has 0 aliphatic rings. The quantitative estimate of drug-likeness (QED) is 0.261. The van der Waals surface area contributed by atoms with E-state index in [1.165, 1.54) is 0 Å². The van der Waals surface area contributed by atoms with Crippen LogP contribution >= 0.6 is 11.5 Å². The van der Waals surface area contributed by atoms with E-state index in [0.717, 1.165) is 11.5 Å². The van der Waals surface area contributed by atoms with Crippen molar-refractivity contribution >= 4 is 40.8 Å². The predicted octanol–water partition coefficient (Wildman–Crippen LogP) is 0.436. The monoisotopic (exact) mass is 359 g/mol. The minimum atomic E-state index is -1.40. The highest BCUT2D eigenvalue weighted by Gasteiger charge is 2.19. The molecule has 0 aliphatic carbocycles. The number of carbonyl (C=O) groups is 3. The van der Waals surface area contributed by atoms with Crippen LogP contribution in [0.2, 0.25) is 0 Å². The Labute approximate surface area is 141 Å². The van der Waals surface area contributed by atoms with E-state index in [0.29, 0.717) is 6.41 Å². The number of nitrogens with one attached hydrogen (secondary N) is 2. The van der Waals surface area contributed by atoms with Crippen LogP contribution in [-0.4, -0.2) is 57.4 Å². The van der Waals surface area contributed by atoms with Gasteiger partial charge in [0.15, 0.2) is 0 Å². The molecule has 132 valence electrons. The minimum Gasteiger partial charge on any atom is -0.476 e. The number of oxime groups is 1. The van der Waals surface area contributed by atoms with Gasteiger partial charge in [-0.1, -0.05) is 5.16 Å². The van der Waals surface area contributed by atoms with Crippen LogP contribution in [0.3, 0.4) is 0 Å². The number of carboxylic acids is 1. The SMILES string of the molecule is CC(C)(C)OC(=O)NCCON=C(C(=O)O)c1nsc(NC=O)n1. The third-order valence-electron chi connectivity index (χ3n) is 2.04. The maximum absolute atomic E-state index is 11.4. The molecular formula is C12H17N5O6S. The summed E-state index contributed by atoms with van der Waals surface area (Å²) < 4.78 is 8.76. The summed E-state index contributed by atoms with van der Waals surface area (Å²) in [4.78, 5) is 41.4. The fourth-order valence-electron chi connectivity index (χ4n) is 1.23. The Morgan fingerprint density at radius 1 is 1.42 bits per heavy atom. The number of ether oxygens (including phenoxy) is 1. The summed E-state index contributed by atoms with van der Waals surface area (Å²) in [7, 11) is 0. The average Bonchev–Trinajstić information content (AvgIpc) is 2.89. The van der Waals surface area contributed by atoms with Crippen LogP contribution in [0.5, 0.6) is 0 Å². The van der Waals surface area contributed by atoms with Crippen molar-refractivity contribution < 1.29 is 29.1 Å². The fourth-order valence-corrected chi connectivity index (χ4v) is 1.76. The third kappa shape index (κ3) is 7.00. The zero-order valence-corrected chi connectivity index (χ0v) is 14.0. The maximum atomic E-state index is 11.4. The normalized spacial score (nSPS) is 11.5. The molecule has 0 bridgehead atoms. The summed E-state index contributed by atoms with van der Waals surface area (Å²) in [6.45, 7) is 5.15. The molecule has 0 radical (unpaired) electrons. The standard InChI is InChI=1S/C12H17N5O6S/c1-12(2,3)23-11(21)13-4-5-22-16-7(9(19)20)8-15-10(14-6-18)24-17-8/h6H,4-5H2,1-3H3,(H,13,21)(H,19,20)(H,14,15,17,18). The van der Waals surface area contributed by atoms with Crippen LogP contribution in [0.4, 0.5) is 9.93 Å². The smallest absolute Gasteiger partial charge is 0.407 e. The van der Waals surface area contributed by atoms with E-state index in [4.69, 9.17) is 14.7 Å². The number of nitrogens with zero attached hydrogens (tertiary/aromatic N) is 3. The highest BCUT2D eigenvalue weighted by Crippen LogP contribution is 2.11. The lowest BCUT2D eigenvalue weighted by atomic mass is 10.2. The van der Waals surface area contributed by atoms with Gasteiger partial charge in [-0.25, -0.2) is 9.59 Å². The van der Waals surface area contributed by atoms with Crippen LogP contribution in [0, 0.1) is 0 Å². The number of hydrogen-bond donors (Lipinski definition) is 3. The van der Waals surface area contributed by atoms with Crippen LogP contribution in [-0.2, 0) is 19.2 Å². The van der Waals surface area contributed by atoms with Crippen LogP contribution in [0.15, 0.2) is 5.16 Å². The van der Waals surface area contributed by atoms with Crippen molar-refractivity contribution in [1.82, 2.24) is 14.7 Å². The molecule has 0 aromatic carbocycles. The van der Waals surface area contributed by atoms with Gasteiger partial charge in [-0.2, -0.15) is 9.36 Å². The predicted molar refractivity (Wildman–Crippen MR) is 84.0 cm³/mol. The molecule has 1 rings (SSSR count). The second kappa shape index (κ2) is 8.76. The minimum absolute atomic E-state index is 0.0632. The Balaban J connectivity index is 2.51. The Bertz CT molecular complexity index is 624. The molecule has 11 nitrogen and oxygen atoms in total. The largest absolute Gasteiger partial charge is 0.476 e. The van der Waals surface area contributed by atoms with Gasteiger partial charge in [0.25, 0.3) is 0 Å². The Kier molecular flexibility index (Phi) is 7.04. The van der Waals surface area contributed by atoms with E-state index < -0.39 is 23.4 Å². The first-order valence-electron chi connectivity index (χ1n) is 6.67. The first-order valence-corrected chi connectivity index (χ1v) is 7.44. The van der Waals surface area contributed by atoms with Crippen LogP contribution in [0.25, 0.3) is 0 Å². The van der Waals surface area contributed by atoms with Crippen molar-refractivity contribution in [2.24, 2.45) is 5.16 Å². The first kappa shape index (κ1) is 19.3. The highest BCUT2D eigenvalue weighted by atomic mass is 32.1. The molecule has 0 saturated carbocycles. The molecule has 0 spiro atoms. The van der Waals surface area contributed by atoms with E-state index in [1.54, 1.807) is 20.8 Å². The van der Waals surface area contributed by atoms with Gasteiger partial charge < -0.3 is 25.3 Å². The van der Waals surface area contributed by atoms with Gasteiger partial charge in [-0.05, 0) is 20.8 Å². The van der Waals surface area contributed by atoms with Crippen molar-refractivity contribution in [3.05, 3.63) is 5.82 Å². The van der Waals surface area contributed by atoms with Crippen LogP contribution in [0.1, 0.15) is 26.6 Å². The van der Waals surface area contributed by atoms with Gasteiger partial charge in [0, 0.05) is 11.5 Å².